The van der Waals surface area contributed by atoms with Gasteiger partial charge in [0, 0.05) is 12.2 Å². The zero-order valence-corrected chi connectivity index (χ0v) is 17.4. The van der Waals surface area contributed by atoms with Crippen LogP contribution in [-0.4, -0.2) is 43.2 Å². The third-order valence-corrected chi connectivity index (χ3v) is 5.15. The van der Waals surface area contributed by atoms with Crippen LogP contribution < -0.4 is 5.73 Å². The number of carbonyl (C=O) groups is 1. The number of benzene rings is 1. The molecule has 1 aliphatic heterocycles. The number of amides is 1. The summed E-state index contributed by atoms with van der Waals surface area (Å²) in [5.74, 6) is -1.14. The Kier molecular flexibility index (Phi) is 5.97. The molecule has 4 heterocycles. The standard InChI is InChI=1S/C16H10ClFN6O.C5H10O/c17-9-5-8(1-2-10(9)18)14-15(22-7-21-14)11-3-4-13-20-6-12(16(19)25)24(13)23-11;1-5-3-2-4-6-5/h1-7H,(H2,19,25)(H,21,22);5H,2-4H2,1H3/t;5-/m.1/s1. The van der Waals surface area contributed by atoms with Crippen LogP contribution >= 0.6 is 11.6 Å². The number of carbonyl (C=O) groups excluding carboxylic acids is 1. The van der Waals surface area contributed by atoms with Crippen molar-refractivity contribution in [2.45, 2.75) is 25.9 Å². The van der Waals surface area contributed by atoms with E-state index in [9.17, 15) is 9.18 Å². The van der Waals surface area contributed by atoms with Gasteiger partial charge in [-0.25, -0.2) is 18.9 Å². The Labute approximate surface area is 182 Å². The molecule has 0 radical (unpaired) electrons. The topological polar surface area (TPSA) is 111 Å². The Balaban J connectivity index is 0.000000334. The van der Waals surface area contributed by atoms with Gasteiger partial charge < -0.3 is 15.5 Å². The van der Waals surface area contributed by atoms with Gasteiger partial charge in [0.2, 0.25) is 0 Å². The number of primary amides is 1. The first-order chi connectivity index (χ1) is 14.9. The molecule has 5 rings (SSSR count). The van der Waals surface area contributed by atoms with Crippen LogP contribution in [0.15, 0.2) is 42.9 Å². The molecule has 1 aromatic carbocycles. The Morgan fingerprint density at radius 3 is 2.81 bits per heavy atom. The van der Waals surface area contributed by atoms with Gasteiger partial charge >= 0.3 is 0 Å². The zero-order chi connectivity index (χ0) is 22.0. The minimum absolute atomic E-state index is 0.000450. The first-order valence-electron chi connectivity index (χ1n) is 9.69. The first-order valence-corrected chi connectivity index (χ1v) is 10.1. The Bertz CT molecular complexity index is 1230. The quantitative estimate of drug-likeness (QED) is 0.500. The van der Waals surface area contributed by atoms with Crippen molar-refractivity contribution in [2.24, 2.45) is 5.73 Å². The van der Waals surface area contributed by atoms with E-state index >= 15 is 0 Å². The van der Waals surface area contributed by atoms with Gasteiger partial charge in [-0.1, -0.05) is 11.6 Å². The monoisotopic (exact) mass is 442 g/mol. The number of ether oxygens (including phenoxy) is 1. The SMILES string of the molecule is C[C@@H]1CCCO1.NC(=O)c1cnc2ccc(-c3[nH]cnc3-c3ccc(F)c(Cl)c3)nn12. The molecule has 3 aromatic heterocycles. The summed E-state index contributed by atoms with van der Waals surface area (Å²) in [6.07, 6.45) is 5.94. The van der Waals surface area contributed by atoms with E-state index in [4.69, 9.17) is 22.1 Å². The molecule has 0 aliphatic carbocycles. The third kappa shape index (κ3) is 4.42. The lowest BCUT2D eigenvalue weighted by Gasteiger charge is -2.05. The molecule has 1 aliphatic rings. The maximum atomic E-state index is 13.4. The minimum atomic E-state index is -0.632. The largest absolute Gasteiger partial charge is 0.379 e. The zero-order valence-electron chi connectivity index (χ0n) is 16.7. The average molecular weight is 443 g/mol. The molecule has 0 spiro atoms. The van der Waals surface area contributed by atoms with Crippen LogP contribution in [0.4, 0.5) is 4.39 Å². The molecule has 1 atom stereocenters. The fraction of sp³-hybridized carbons (Fsp3) is 0.238. The highest BCUT2D eigenvalue weighted by molar-refractivity contribution is 6.31. The van der Waals surface area contributed by atoms with Crippen LogP contribution in [0.2, 0.25) is 5.02 Å². The van der Waals surface area contributed by atoms with Gasteiger partial charge in [0.1, 0.15) is 17.2 Å². The number of nitrogens with one attached hydrogen (secondary N) is 1. The van der Waals surface area contributed by atoms with Crippen molar-refractivity contribution in [1.82, 2.24) is 24.6 Å². The molecule has 4 aromatic rings. The van der Waals surface area contributed by atoms with E-state index in [0.717, 1.165) is 6.61 Å². The number of H-pyrrole nitrogens is 1. The molecular formula is C21H20ClFN6O2. The molecule has 1 amide bonds. The Morgan fingerprint density at radius 1 is 1.32 bits per heavy atom. The highest BCUT2D eigenvalue weighted by Gasteiger charge is 2.16. The number of fused-ring (bicyclic) bond motifs is 1. The van der Waals surface area contributed by atoms with E-state index in [1.54, 1.807) is 18.2 Å². The number of nitrogens with two attached hydrogens (primary N) is 1. The number of halogens is 2. The van der Waals surface area contributed by atoms with Crippen LogP contribution in [0.3, 0.4) is 0 Å². The van der Waals surface area contributed by atoms with Crippen LogP contribution in [0, 0.1) is 5.82 Å². The Hall–Kier alpha value is -3.30. The lowest BCUT2D eigenvalue weighted by Crippen LogP contribution is -2.15. The summed E-state index contributed by atoms with van der Waals surface area (Å²) >= 11 is 5.86. The van der Waals surface area contributed by atoms with Gasteiger partial charge in [0.05, 0.1) is 35.0 Å². The second kappa shape index (κ2) is 8.83. The minimum Gasteiger partial charge on any atom is -0.379 e. The molecular weight excluding hydrogens is 423 g/mol. The molecule has 3 N–H and O–H groups in total. The van der Waals surface area contributed by atoms with Crippen LogP contribution in [0.5, 0.6) is 0 Å². The molecule has 31 heavy (non-hydrogen) atoms. The van der Waals surface area contributed by atoms with Crippen LogP contribution in [-0.2, 0) is 4.74 Å². The van der Waals surface area contributed by atoms with Gasteiger partial charge in [0.15, 0.2) is 5.65 Å². The summed E-state index contributed by atoms with van der Waals surface area (Å²) in [6.45, 7) is 3.11. The number of rotatable bonds is 3. The number of aromatic nitrogens is 5. The van der Waals surface area contributed by atoms with Gasteiger partial charge in [-0.2, -0.15) is 5.10 Å². The number of imidazole rings is 2. The maximum Gasteiger partial charge on any atom is 0.269 e. The number of hydrogen-bond acceptors (Lipinski definition) is 5. The fourth-order valence-corrected chi connectivity index (χ4v) is 3.45. The molecule has 0 saturated carbocycles. The van der Waals surface area contributed by atoms with Crippen molar-refractivity contribution in [2.75, 3.05) is 6.61 Å². The van der Waals surface area contributed by atoms with Crippen molar-refractivity contribution < 1.29 is 13.9 Å². The van der Waals surface area contributed by atoms with Crippen molar-refractivity contribution >= 4 is 23.2 Å². The number of nitrogens with zero attached hydrogens (tertiary/aromatic N) is 4. The van der Waals surface area contributed by atoms with E-state index in [1.165, 1.54) is 42.0 Å². The molecule has 8 nitrogen and oxygen atoms in total. The normalized spacial score (nSPS) is 15.6. The smallest absolute Gasteiger partial charge is 0.269 e. The molecule has 0 unspecified atom stereocenters. The van der Waals surface area contributed by atoms with E-state index < -0.39 is 11.7 Å². The molecule has 0 bridgehead atoms. The Morgan fingerprint density at radius 2 is 2.16 bits per heavy atom. The summed E-state index contributed by atoms with van der Waals surface area (Å²) in [4.78, 5) is 22.8. The van der Waals surface area contributed by atoms with Crippen molar-refractivity contribution in [3.05, 3.63) is 59.4 Å². The average Bonchev–Trinajstić information content (AvgIpc) is 3.50. The maximum absolute atomic E-state index is 13.4. The van der Waals surface area contributed by atoms with Gasteiger partial charge in [0.25, 0.3) is 5.91 Å². The summed E-state index contributed by atoms with van der Waals surface area (Å²) in [6, 6.07) is 7.77. The highest BCUT2D eigenvalue weighted by atomic mass is 35.5. The second-order valence-electron chi connectivity index (χ2n) is 7.07. The lowest BCUT2D eigenvalue weighted by atomic mass is 10.1. The highest BCUT2D eigenvalue weighted by Crippen LogP contribution is 2.30. The number of aromatic amines is 1. The van der Waals surface area contributed by atoms with Crippen LogP contribution in [0.25, 0.3) is 28.3 Å². The molecule has 1 saturated heterocycles. The van der Waals surface area contributed by atoms with Crippen molar-refractivity contribution in [3.63, 3.8) is 0 Å². The van der Waals surface area contributed by atoms with Crippen molar-refractivity contribution in [3.8, 4) is 22.6 Å². The predicted molar refractivity (Wildman–Crippen MR) is 114 cm³/mol. The lowest BCUT2D eigenvalue weighted by molar-refractivity contribution is 0.0993. The molecule has 160 valence electrons. The summed E-state index contributed by atoms with van der Waals surface area (Å²) in [5, 5.41) is 4.40. The van der Waals surface area contributed by atoms with Crippen LogP contribution in [0.1, 0.15) is 30.3 Å². The summed E-state index contributed by atoms with van der Waals surface area (Å²) in [5.41, 5.74) is 8.28. The number of hydrogen-bond donors (Lipinski definition) is 2. The summed E-state index contributed by atoms with van der Waals surface area (Å²) in [7, 11) is 0. The van der Waals surface area contributed by atoms with Crippen molar-refractivity contribution in [1.29, 1.82) is 0 Å². The fourth-order valence-electron chi connectivity index (χ4n) is 3.27. The summed E-state index contributed by atoms with van der Waals surface area (Å²) < 4.78 is 19.9. The van der Waals surface area contributed by atoms with E-state index in [-0.39, 0.29) is 10.7 Å². The van der Waals surface area contributed by atoms with E-state index in [1.807, 2.05) is 0 Å². The van der Waals surface area contributed by atoms with E-state index in [2.05, 4.69) is 27.0 Å². The van der Waals surface area contributed by atoms with Gasteiger partial charge in [-0.15, -0.1) is 0 Å². The van der Waals surface area contributed by atoms with Gasteiger partial charge in [-0.05, 0) is 50.1 Å². The third-order valence-electron chi connectivity index (χ3n) is 4.86. The van der Waals surface area contributed by atoms with E-state index in [0.29, 0.717) is 34.4 Å². The first kappa shape index (κ1) is 21.0. The second-order valence-corrected chi connectivity index (χ2v) is 7.48. The molecule has 10 heteroatoms. The predicted octanol–water partition coefficient (Wildman–Crippen LogP) is 3.86. The van der Waals surface area contributed by atoms with Gasteiger partial charge in [-0.3, -0.25) is 4.79 Å². The molecule has 1 fully saturated rings.